The molecule has 3 nitrogen and oxygen atoms in total. The smallest absolute Gasteiger partial charge is 0.0796 e. The zero-order valence-corrected chi connectivity index (χ0v) is 16.3. The second kappa shape index (κ2) is 9.06. The highest BCUT2D eigenvalue weighted by Gasteiger charge is 2.25. The summed E-state index contributed by atoms with van der Waals surface area (Å²) in [5, 5.41) is 3.40. The van der Waals surface area contributed by atoms with Crippen molar-refractivity contribution in [2.24, 2.45) is 0 Å². The fourth-order valence-corrected chi connectivity index (χ4v) is 3.35. The predicted octanol–water partition coefficient (Wildman–Crippen LogP) is 4.48. The molecule has 0 saturated carbocycles. The zero-order valence-electron chi connectivity index (χ0n) is 14.6. The van der Waals surface area contributed by atoms with E-state index in [1.807, 2.05) is 0 Å². The summed E-state index contributed by atoms with van der Waals surface area (Å²) in [5.41, 5.74) is 2.29. The van der Waals surface area contributed by atoms with Crippen molar-refractivity contribution < 1.29 is 4.74 Å². The van der Waals surface area contributed by atoms with Crippen LogP contribution in [0.25, 0.3) is 0 Å². The van der Waals surface area contributed by atoms with Gasteiger partial charge in [0.05, 0.1) is 27.9 Å². The maximum atomic E-state index is 5.71. The van der Waals surface area contributed by atoms with E-state index in [4.69, 9.17) is 29.2 Å². The average Bonchev–Trinajstić information content (AvgIpc) is 2.46. The van der Waals surface area contributed by atoms with E-state index < -0.39 is 0 Å². The highest BCUT2D eigenvalue weighted by atomic mass is 32.1. The van der Waals surface area contributed by atoms with Gasteiger partial charge in [-0.1, -0.05) is 59.1 Å². The number of nitrogens with zero attached hydrogens (tertiary/aromatic N) is 1. The summed E-state index contributed by atoms with van der Waals surface area (Å²) in [7, 11) is 0. The van der Waals surface area contributed by atoms with Crippen LogP contribution in [0.15, 0.2) is 0 Å². The quantitative estimate of drug-likeness (QED) is 0.499. The van der Waals surface area contributed by atoms with E-state index in [-0.39, 0.29) is 5.41 Å². The van der Waals surface area contributed by atoms with Crippen molar-refractivity contribution in [1.29, 1.82) is 0 Å². The molecule has 0 saturated heterocycles. The van der Waals surface area contributed by atoms with Gasteiger partial charge in [0.25, 0.3) is 0 Å². The normalized spacial score (nSPS) is 12.3. The number of hydrogen-bond donors (Lipinski definition) is 1. The van der Waals surface area contributed by atoms with Gasteiger partial charge in [-0.2, -0.15) is 0 Å². The molecule has 22 heavy (non-hydrogen) atoms. The average molecular weight is 343 g/mol. The van der Waals surface area contributed by atoms with Gasteiger partial charge < -0.3 is 15.0 Å². The molecule has 0 aromatic heterocycles. The van der Waals surface area contributed by atoms with Gasteiger partial charge in [0.2, 0.25) is 0 Å². The lowest BCUT2D eigenvalue weighted by Crippen LogP contribution is -2.28. The first-order valence-electron chi connectivity index (χ1n) is 8.20. The summed E-state index contributed by atoms with van der Waals surface area (Å²) in [5.74, 6) is 0. The molecule has 0 atom stereocenters. The molecule has 1 N–H and O–H groups in total. The Kier molecular flexibility index (Phi) is 8.11. The Balaban J connectivity index is 2.31. The fourth-order valence-electron chi connectivity index (χ4n) is 2.56. The summed E-state index contributed by atoms with van der Waals surface area (Å²) < 4.78 is 7.37. The fraction of sp³-hybridized carbons (Fsp3) is 0.765. The highest BCUT2D eigenvalue weighted by Crippen LogP contribution is 2.36. The number of nitrogens with one attached hydrogen (secondary N) is 1. The predicted molar refractivity (Wildman–Crippen MR) is 101 cm³/mol. The van der Waals surface area contributed by atoms with Gasteiger partial charge in [0.1, 0.15) is 0 Å². The third-order valence-electron chi connectivity index (χ3n) is 3.75. The van der Waals surface area contributed by atoms with Crippen LogP contribution in [0.3, 0.4) is 0 Å². The van der Waals surface area contributed by atoms with E-state index in [1.165, 1.54) is 12.0 Å². The first-order chi connectivity index (χ1) is 10.3. The van der Waals surface area contributed by atoms with Gasteiger partial charge in [-0.25, -0.2) is 0 Å². The Morgan fingerprint density at radius 3 is 2.27 bits per heavy atom. The van der Waals surface area contributed by atoms with Crippen LogP contribution in [0, 0.1) is 9.02 Å². The number of ether oxygens (including phenoxy) is 1. The van der Waals surface area contributed by atoms with Gasteiger partial charge in [-0.15, -0.1) is 0 Å². The summed E-state index contributed by atoms with van der Waals surface area (Å²) in [6, 6.07) is 0. The summed E-state index contributed by atoms with van der Waals surface area (Å²) in [6.07, 6.45) is 1.19. The minimum Gasteiger partial charge on any atom is -0.381 e. The van der Waals surface area contributed by atoms with Crippen molar-refractivity contribution in [3.63, 3.8) is 0 Å². The monoisotopic (exact) mass is 342 g/mol. The van der Waals surface area contributed by atoms with Crippen molar-refractivity contribution in [1.82, 2.24) is 4.90 Å². The van der Waals surface area contributed by atoms with Crippen molar-refractivity contribution in [3.05, 3.63) is 14.6 Å². The highest BCUT2D eigenvalue weighted by molar-refractivity contribution is 7.74. The molecule has 0 radical (unpaired) electrons. The van der Waals surface area contributed by atoms with Crippen LogP contribution in [-0.2, 0) is 10.2 Å². The molecular weight excluding hydrogens is 312 g/mol. The first kappa shape index (κ1) is 19.7. The summed E-state index contributed by atoms with van der Waals surface area (Å²) >= 11 is 10.7. The lowest BCUT2D eigenvalue weighted by Gasteiger charge is -2.27. The Hall–Kier alpha value is -0.360. The minimum atomic E-state index is 0.0460. The Bertz CT molecular complexity index is 527. The molecule has 1 rings (SSSR count). The molecule has 126 valence electrons. The molecular formula is C17H30N2OS2. The van der Waals surface area contributed by atoms with Crippen molar-refractivity contribution in [2.75, 3.05) is 44.7 Å². The molecule has 0 unspecified atom stereocenters. The minimum absolute atomic E-state index is 0.0460. The molecule has 1 aromatic carbocycles. The third kappa shape index (κ3) is 5.37. The maximum Gasteiger partial charge on any atom is 0.0796 e. The van der Waals surface area contributed by atoms with Crippen molar-refractivity contribution >= 4 is 30.1 Å². The molecule has 0 fully saturated rings. The summed E-state index contributed by atoms with van der Waals surface area (Å²) in [4.78, 5) is 2.41. The van der Waals surface area contributed by atoms with Gasteiger partial charge in [-0.3, -0.25) is 0 Å². The number of anilines is 1. The SMILES string of the molecule is CCCN(CC)CCOCCNc1c(C(C)(C)C)c(=S)c1=S. The van der Waals surface area contributed by atoms with Crippen LogP contribution in [0.4, 0.5) is 5.69 Å². The standard InChI is InChI=1S/C17H30N2OS2/c1-6-9-19(7-2)10-12-20-11-8-18-14-13(17(3,4)5)15(21)16(14)22/h18H,6-12H2,1-5H3. The van der Waals surface area contributed by atoms with Crippen molar-refractivity contribution in [3.8, 4) is 0 Å². The Labute approximate surface area is 145 Å². The number of hydrogen-bond acceptors (Lipinski definition) is 5. The molecule has 1 aromatic rings. The second-order valence-corrected chi connectivity index (χ2v) is 7.45. The van der Waals surface area contributed by atoms with Gasteiger partial charge in [0, 0.05) is 18.7 Å². The number of rotatable bonds is 10. The molecule has 0 aliphatic carbocycles. The van der Waals surface area contributed by atoms with Crippen LogP contribution in [-0.4, -0.2) is 44.3 Å². The topological polar surface area (TPSA) is 24.5 Å². The maximum absolute atomic E-state index is 5.71. The van der Waals surface area contributed by atoms with Crippen LogP contribution in [0.5, 0.6) is 0 Å². The zero-order chi connectivity index (χ0) is 16.8. The van der Waals surface area contributed by atoms with Crippen molar-refractivity contribution in [2.45, 2.75) is 46.5 Å². The molecule has 0 aliphatic heterocycles. The van der Waals surface area contributed by atoms with Crippen LogP contribution in [0.2, 0.25) is 0 Å². The second-order valence-electron chi connectivity index (χ2n) is 6.63. The molecule has 0 heterocycles. The van der Waals surface area contributed by atoms with Crippen LogP contribution >= 0.6 is 24.4 Å². The molecule has 0 spiro atoms. The molecule has 5 heteroatoms. The Morgan fingerprint density at radius 2 is 1.73 bits per heavy atom. The number of likely N-dealkylation sites (N-methyl/N-ethyl adjacent to an activating group) is 1. The van der Waals surface area contributed by atoms with E-state index in [0.29, 0.717) is 6.61 Å². The largest absolute Gasteiger partial charge is 0.381 e. The lowest BCUT2D eigenvalue weighted by atomic mass is 9.83. The van der Waals surface area contributed by atoms with E-state index in [9.17, 15) is 0 Å². The van der Waals surface area contributed by atoms with E-state index in [2.05, 4.69) is 44.8 Å². The third-order valence-corrected chi connectivity index (χ3v) is 4.69. The van der Waals surface area contributed by atoms with E-state index >= 15 is 0 Å². The lowest BCUT2D eigenvalue weighted by molar-refractivity contribution is 0.113. The van der Waals surface area contributed by atoms with Gasteiger partial charge >= 0.3 is 0 Å². The first-order valence-corrected chi connectivity index (χ1v) is 9.02. The van der Waals surface area contributed by atoms with Crippen LogP contribution in [0.1, 0.15) is 46.6 Å². The molecule has 0 bridgehead atoms. The van der Waals surface area contributed by atoms with Crippen LogP contribution < -0.4 is 5.32 Å². The Morgan fingerprint density at radius 1 is 1.05 bits per heavy atom. The molecule has 0 amide bonds. The van der Waals surface area contributed by atoms with E-state index in [1.54, 1.807) is 0 Å². The molecule has 0 aliphatic rings. The summed E-state index contributed by atoms with van der Waals surface area (Å²) in [6.45, 7) is 16.4. The van der Waals surface area contributed by atoms with Gasteiger partial charge in [0.15, 0.2) is 0 Å². The van der Waals surface area contributed by atoms with Gasteiger partial charge in [-0.05, 0) is 24.9 Å². The van der Waals surface area contributed by atoms with E-state index in [0.717, 1.165) is 47.5 Å².